The molecule has 0 bridgehead atoms. The van der Waals surface area contributed by atoms with Crippen LogP contribution in [0.3, 0.4) is 0 Å². The van der Waals surface area contributed by atoms with Crippen molar-refractivity contribution in [2.24, 2.45) is 16.7 Å². The van der Waals surface area contributed by atoms with Crippen LogP contribution in [0.5, 0.6) is 0 Å². The lowest BCUT2D eigenvalue weighted by Gasteiger charge is -2.40. The Labute approximate surface area is 92.6 Å². The van der Waals surface area contributed by atoms with E-state index < -0.39 is 0 Å². The molecule has 3 saturated carbocycles. The zero-order valence-corrected chi connectivity index (χ0v) is 9.85. The van der Waals surface area contributed by atoms with E-state index in [1.165, 1.54) is 51.4 Å². The van der Waals surface area contributed by atoms with Crippen molar-refractivity contribution >= 4 is 5.78 Å². The maximum absolute atomic E-state index is 12.1. The molecule has 0 saturated heterocycles. The van der Waals surface area contributed by atoms with Crippen molar-refractivity contribution in [3.63, 3.8) is 0 Å². The molecule has 0 heterocycles. The molecule has 2 atom stereocenters. The second-order valence-corrected chi connectivity index (χ2v) is 6.48. The van der Waals surface area contributed by atoms with E-state index >= 15 is 0 Å². The molecule has 3 fully saturated rings. The standard InChI is InChI=1S/C14H22O/c1-13-8-5-11(15)12(13)14(10-9-13)6-3-2-4-7-14/h12H,2-10H2,1H3/t12-,13-/m0/s1. The van der Waals surface area contributed by atoms with E-state index in [1.54, 1.807) is 0 Å². The molecule has 0 radical (unpaired) electrons. The minimum absolute atomic E-state index is 0.397. The molecule has 1 nitrogen and oxygen atoms in total. The molecule has 0 aromatic heterocycles. The largest absolute Gasteiger partial charge is 0.299 e. The summed E-state index contributed by atoms with van der Waals surface area (Å²) < 4.78 is 0. The third-order valence-electron chi connectivity index (χ3n) is 5.62. The molecule has 1 heteroatoms. The van der Waals surface area contributed by atoms with E-state index in [0.717, 1.165) is 6.42 Å². The Morgan fingerprint density at radius 3 is 2.47 bits per heavy atom. The molecule has 84 valence electrons. The number of carbonyl (C=O) groups excluding carboxylic acids is 1. The third kappa shape index (κ3) is 1.24. The van der Waals surface area contributed by atoms with Crippen molar-refractivity contribution < 1.29 is 4.79 Å². The van der Waals surface area contributed by atoms with E-state index in [-0.39, 0.29) is 0 Å². The van der Waals surface area contributed by atoms with E-state index in [1.807, 2.05) is 0 Å². The molecule has 0 N–H and O–H groups in total. The van der Waals surface area contributed by atoms with Gasteiger partial charge in [-0.05, 0) is 42.9 Å². The quantitative estimate of drug-likeness (QED) is 0.590. The minimum Gasteiger partial charge on any atom is -0.299 e. The lowest BCUT2D eigenvalue weighted by atomic mass is 9.64. The fourth-order valence-electron chi connectivity index (χ4n) is 4.91. The molecular formula is C14H22O. The summed E-state index contributed by atoms with van der Waals surface area (Å²) in [5, 5.41) is 0. The summed E-state index contributed by atoms with van der Waals surface area (Å²) in [7, 11) is 0. The van der Waals surface area contributed by atoms with Gasteiger partial charge in [0, 0.05) is 12.3 Å². The van der Waals surface area contributed by atoms with Gasteiger partial charge in [-0.3, -0.25) is 4.79 Å². The van der Waals surface area contributed by atoms with Crippen molar-refractivity contribution in [2.75, 3.05) is 0 Å². The molecule has 1 spiro atoms. The Bertz CT molecular complexity index is 288. The van der Waals surface area contributed by atoms with E-state index in [4.69, 9.17) is 0 Å². The van der Waals surface area contributed by atoms with Gasteiger partial charge in [-0.1, -0.05) is 26.2 Å². The normalized spacial score (nSPS) is 43.5. The second-order valence-electron chi connectivity index (χ2n) is 6.48. The van der Waals surface area contributed by atoms with E-state index in [0.29, 0.717) is 22.5 Å². The fourth-order valence-corrected chi connectivity index (χ4v) is 4.91. The van der Waals surface area contributed by atoms with Crippen molar-refractivity contribution in [2.45, 2.75) is 64.7 Å². The first-order valence-corrected chi connectivity index (χ1v) is 6.69. The van der Waals surface area contributed by atoms with Crippen LogP contribution in [0, 0.1) is 16.7 Å². The lowest BCUT2D eigenvalue weighted by Crippen LogP contribution is -2.35. The van der Waals surface area contributed by atoms with Gasteiger partial charge in [-0.2, -0.15) is 0 Å². The molecular weight excluding hydrogens is 184 g/mol. The summed E-state index contributed by atoms with van der Waals surface area (Å²) in [4.78, 5) is 12.1. The summed E-state index contributed by atoms with van der Waals surface area (Å²) in [5.41, 5.74) is 0.856. The zero-order chi connectivity index (χ0) is 10.5. The van der Waals surface area contributed by atoms with Crippen LogP contribution in [0.2, 0.25) is 0 Å². The zero-order valence-electron chi connectivity index (χ0n) is 9.85. The molecule has 15 heavy (non-hydrogen) atoms. The van der Waals surface area contributed by atoms with Crippen LogP contribution >= 0.6 is 0 Å². The van der Waals surface area contributed by atoms with Crippen LogP contribution in [0.1, 0.15) is 64.7 Å². The average Bonchev–Trinajstić information content (AvgIpc) is 2.68. The number of rotatable bonds is 0. The highest BCUT2D eigenvalue weighted by Crippen LogP contribution is 2.65. The maximum atomic E-state index is 12.1. The summed E-state index contributed by atoms with van der Waals surface area (Å²) in [6.07, 6.45) is 11.6. The van der Waals surface area contributed by atoms with Gasteiger partial charge in [0.15, 0.2) is 0 Å². The van der Waals surface area contributed by atoms with E-state index in [2.05, 4.69) is 6.92 Å². The van der Waals surface area contributed by atoms with Crippen molar-refractivity contribution in [1.82, 2.24) is 0 Å². The van der Waals surface area contributed by atoms with Gasteiger partial charge >= 0.3 is 0 Å². The van der Waals surface area contributed by atoms with Crippen LogP contribution in [-0.4, -0.2) is 5.78 Å². The topological polar surface area (TPSA) is 17.1 Å². The third-order valence-corrected chi connectivity index (χ3v) is 5.62. The van der Waals surface area contributed by atoms with Gasteiger partial charge in [0.05, 0.1) is 0 Å². The molecule has 0 amide bonds. The first-order chi connectivity index (χ1) is 7.16. The molecule has 3 aliphatic rings. The van der Waals surface area contributed by atoms with Gasteiger partial charge in [0.1, 0.15) is 5.78 Å². The van der Waals surface area contributed by atoms with Crippen LogP contribution in [0.25, 0.3) is 0 Å². The predicted molar refractivity (Wildman–Crippen MR) is 60.6 cm³/mol. The van der Waals surface area contributed by atoms with Crippen LogP contribution < -0.4 is 0 Å². The maximum Gasteiger partial charge on any atom is 0.137 e. The van der Waals surface area contributed by atoms with Crippen LogP contribution in [0.4, 0.5) is 0 Å². The van der Waals surface area contributed by atoms with Gasteiger partial charge in [-0.25, -0.2) is 0 Å². The highest BCUT2D eigenvalue weighted by atomic mass is 16.1. The first kappa shape index (κ1) is 9.86. The van der Waals surface area contributed by atoms with Crippen molar-refractivity contribution in [3.8, 4) is 0 Å². The predicted octanol–water partition coefficient (Wildman–Crippen LogP) is 3.72. The van der Waals surface area contributed by atoms with Gasteiger partial charge in [-0.15, -0.1) is 0 Å². The number of carbonyl (C=O) groups is 1. The molecule has 0 aliphatic heterocycles. The van der Waals surface area contributed by atoms with Gasteiger partial charge < -0.3 is 0 Å². The van der Waals surface area contributed by atoms with Gasteiger partial charge in [0.2, 0.25) is 0 Å². The SMILES string of the molecule is C[C@@]12CCC(=O)[C@@H]1C1(CCCCC1)CC2. The highest BCUT2D eigenvalue weighted by Gasteiger charge is 2.59. The smallest absolute Gasteiger partial charge is 0.137 e. The minimum atomic E-state index is 0.397. The van der Waals surface area contributed by atoms with Crippen molar-refractivity contribution in [1.29, 1.82) is 0 Å². The lowest BCUT2D eigenvalue weighted by molar-refractivity contribution is -0.126. The number of Topliss-reactive ketones (excluding diaryl/α,β-unsaturated/α-hetero) is 1. The Kier molecular flexibility index (Phi) is 2.03. The number of hydrogen-bond acceptors (Lipinski definition) is 1. The molecule has 0 aromatic rings. The van der Waals surface area contributed by atoms with E-state index in [9.17, 15) is 4.79 Å². The van der Waals surface area contributed by atoms with Crippen LogP contribution in [0.15, 0.2) is 0 Å². The Morgan fingerprint density at radius 1 is 1.00 bits per heavy atom. The number of hydrogen-bond donors (Lipinski definition) is 0. The molecule has 3 rings (SSSR count). The number of fused-ring (bicyclic) bond motifs is 2. The monoisotopic (exact) mass is 206 g/mol. The summed E-state index contributed by atoms with van der Waals surface area (Å²) >= 11 is 0. The molecule has 3 aliphatic carbocycles. The summed E-state index contributed by atoms with van der Waals surface area (Å²) in [6, 6.07) is 0. The first-order valence-electron chi connectivity index (χ1n) is 6.69. The Hall–Kier alpha value is -0.330. The number of ketones is 1. The summed E-state index contributed by atoms with van der Waals surface area (Å²) in [6.45, 7) is 2.38. The summed E-state index contributed by atoms with van der Waals surface area (Å²) in [5.74, 6) is 1.06. The highest BCUT2D eigenvalue weighted by molar-refractivity contribution is 5.85. The fraction of sp³-hybridized carbons (Fsp3) is 0.929. The van der Waals surface area contributed by atoms with Crippen LogP contribution in [-0.2, 0) is 4.79 Å². The van der Waals surface area contributed by atoms with Crippen molar-refractivity contribution in [3.05, 3.63) is 0 Å². The second kappa shape index (κ2) is 3.09. The van der Waals surface area contributed by atoms with Gasteiger partial charge in [0.25, 0.3) is 0 Å². The Morgan fingerprint density at radius 2 is 1.73 bits per heavy atom. The molecule has 0 aromatic carbocycles. The molecule has 0 unspecified atom stereocenters. The Balaban J connectivity index is 1.94. The average molecular weight is 206 g/mol.